The average Bonchev–Trinajstić information content (AvgIpc) is 3.93. The summed E-state index contributed by atoms with van der Waals surface area (Å²) in [4.78, 5) is 9.88. The van der Waals surface area contributed by atoms with Crippen molar-refractivity contribution >= 4 is 54.5 Å². The molecule has 5 heteroatoms. The van der Waals surface area contributed by atoms with E-state index in [9.17, 15) is 0 Å². The molecule has 0 spiro atoms. The van der Waals surface area contributed by atoms with Crippen molar-refractivity contribution in [2.24, 2.45) is 0 Å². The second-order valence-electron chi connectivity index (χ2n) is 22.8. The maximum atomic E-state index is 7.01. The van der Waals surface area contributed by atoms with Gasteiger partial charge in [0.25, 0.3) is 0 Å². The summed E-state index contributed by atoms with van der Waals surface area (Å²) >= 11 is 0. The Labute approximate surface area is 438 Å². The Morgan fingerprint density at radius 2 is 1.33 bits per heavy atom. The Morgan fingerprint density at radius 1 is 0.625 bits per heavy atom. The molecule has 1 aliphatic rings. The standard InChI is InChI=1S/C52H47N2O.C15H16N.Ir/c1-30(2)38-24-33(32-16-10-9-11-17-32)25-39(31(3)4)48(38)54-45-23-13-12-22-44(45)53-50(54)37-20-14-19-36-41-26-34-27-43-47-35(40(34)28-46(41)55-49(36)37)18-15-21-42(47)51(5,6)29-52(43,7)8;1-15(2,3)13-9-10-14(16-11-13)12-7-5-4-6-8-12;/h9-19,21-28,30-31H,29H2,1-8H3;4-7,9-11H,1-3H3;/q2*-1;. The van der Waals surface area contributed by atoms with Crippen LogP contribution in [-0.2, 0) is 36.4 Å². The van der Waals surface area contributed by atoms with E-state index in [1.165, 1.54) is 66.2 Å². The van der Waals surface area contributed by atoms with E-state index in [1.807, 2.05) is 36.5 Å². The van der Waals surface area contributed by atoms with Gasteiger partial charge in [0.2, 0.25) is 0 Å². The third-order valence-corrected chi connectivity index (χ3v) is 15.0. The van der Waals surface area contributed by atoms with Crippen LogP contribution >= 0.6 is 0 Å². The van der Waals surface area contributed by atoms with E-state index >= 15 is 0 Å². The molecule has 0 bridgehead atoms. The van der Waals surface area contributed by atoms with Crippen LogP contribution in [0.3, 0.4) is 0 Å². The van der Waals surface area contributed by atoms with Gasteiger partial charge < -0.3 is 14.0 Å². The predicted molar refractivity (Wildman–Crippen MR) is 299 cm³/mol. The average molecular weight is 1120 g/mol. The first-order valence-electron chi connectivity index (χ1n) is 25.4. The van der Waals surface area contributed by atoms with Gasteiger partial charge in [0.1, 0.15) is 5.58 Å². The van der Waals surface area contributed by atoms with Gasteiger partial charge in [0.15, 0.2) is 0 Å². The van der Waals surface area contributed by atoms with Gasteiger partial charge in [0, 0.05) is 37.4 Å². The Hall–Kier alpha value is -6.65. The molecule has 363 valence electrons. The summed E-state index contributed by atoms with van der Waals surface area (Å²) in [5, 5.41) is 7.42. The molecule has 72 heavy (non-hydrogen) atoms. The van der Waals surface area contributed by atoms with E-state index in [1.54, 1.807) is 0 Å². The van der Waals surface area contributed by atoms with Crippen molar-refractivity contribution < 1.29 is 24.5 Å². The van der Waals surface area contributed by atoms with Crippen LogP contribution in [-0.4, -0.2) is 14.5 Å². The van der Waals surface area contributed by atoms with Crippen molar-refractivity contribution in [3.8, 4) is 39.5 Å². The summed E-state index contributed by atoms with van der Waals surface area (Å²) in [6.07, 6.45) is 3.07. The Balaban J connectivity index is 0.000000300. The normalized spacial score (nSPS) is 14.1. The van der Waals surface area contributed by atoms with E-state index in [0.29, 0.717) is 0 Å². The topological polar surface area (TPSA) is 43.9 Å². The molecule has 11 aromatic rings. The van der Waals surface area contributed by atoms with E-state index in [2.05, 4.69) is 219 Å². The van der Waals surface area contributed by atoms with Gasteiger partial charge in [-0.1, -0.05) is 160 Å². The molecule has 0 amide bonds. The number of imidazole rings is 1. The molecular formula is C67H63IrN3O-2. The van der Waals surface area contributed by atoms with E-state index in [-0.39, 0.29) is 48.2 Å². The molecule has 0 saturated heterocycles. The number of para-hydroxylation sites is 2. The second kappa shape index (κ2) is 18.4. The molecule has 0 unspecified atom stereocenters. The summed E-state index contributed by atoms with van der Waals surface area (Å²) < 4.78 is 9.41. The SMILES string of the molecule is CC(C)(C)c1ccc(-c2[c-]cccc2)nc1.CC(C)c1cc(-c2ccccc2)cc(C(C)C)c1-n1c(-c2[c-]ccc3c2oc2cc4c(cc5c6c(cccc64)C(C)(C)CC5(C)C)cc23)nc2ccccc21.[Ir]. The number of hydrogen-bond donors (Lipinski definition) is 0. The maximum Gasteiger partial charge on any atom is 0.121 e. The fourth-order valence-electron chi connectivity index (χ4n) is 11.6. The molecule has 0 saturated carbocycles. The molecule has 3 heterocycles. The Kier molecular flexibility index (Phi) is 12.5. The smallest absolute Gasteiger partial charge is 0.121 e. The van der Waals surface area contributed by atoms with Gasteiger partial charge in [0.05, 0.1) is 22.4 Å². The number of aromatic nitrogens is 3. The van der Waals surface area contributed by atoms with Gasteiger partial charge in [-0.15, -0.1) is 54.1 Å². The predicted octanol–water partition coefficient (Wildman–Crippen LogP) is 18.4. The quantitative estimate of drug-likeness (QED) is 0.123. The first-order chi connectivity index (χ1) is 34.0. The molecule has 8 aromatic carbocycles. The van der Waals surface area contributed by atoms with E-state index in [0.717, 1.165) is 62.0 Å². The molecule has 0 atom stereocenters. The van der Waals surface area contributed by atoms with E-state index in [4.69, 9.17) is 9.40 Å². The Morgan fingerprint density at radius 3 is 2.01 bits per heavy atom. The molecule has 12 rings (SSSR count). The molecule has 1 aliphatic carbocycles. The number of hydrogen-bond acceptors (Lipinski definition) is 3. The third kappa shape index (κ3) is 8.49. The van der Waals surface area contributed by atoms with Crippen LogP contribution in [0.5, 0.6) is 0 Å². The monoisotopic (exact) mass is 1120 g/mol. The number of benzene rings is 8. The van der Waals surface area contributed by atoms with Gasteiger partial charge >= 0.3 is 0 Å². The zero-order chi connectivity index (χ0) is 49.6. The minimum Gasteiger partial charge on any atom is -0.501 e. The van der Waals surface area contributed by atoms with Gasteiger partial charge in [-0.25, -0.2) is 0 Å². The minimum absolute atomic E-state index is 0. The molecule has 1 radical (unpaired) electrons. The van der Waals surface area contributed by atoms with Crippen LogP contribution in [0.1, 0.15) is 122 Å². The van der Waals surface area contributed by atoms with Gasteiger partial charge in [-0.2, -0.15) is 0 Å². The van der Waals surface area contributed by atoms with Crippen molar-refractivity contribution in [3.63, 3.8) is 0 Å². The molecule has 4 nitrogen and oxygen atoms in total. The first kappa shape index (κ1) is 49.0. The molecule has 3 aromatic heterocycles. The molecular weight excluding hydrogens is 1050 g/mol. The first-order valence-corrected chi connectivity index (χ1v) is 25.4. The van der Waals surface area contributed by atoms with Crippen LogP contribution in [0.4, 0.5) is 0 Å². The van der Waals surface area contributed by atoms with Crippen molar-refractivity contribution in [3.05, 3.63) is 198 Å². The van der Waals surface area contributed by atoms with Crippen LogP contribution in [0.15, 0.2) is 162 Å². The van der Waals surface area contributed by atoms with Crippen molar-refractivity contribution in [1.82, 2.24) is 14.5 Å². The number of rotatable bonds is 6. The summed E-state index contributed by atoms with van der Waals surface area (Å²) in [5.74, 6) is 1.39. The zero-order valence-corrected chi connectivity index (χ0v) is 45.9. The summed E-state index contributed by atoms with van der Waals surface area (Å²) in [6, 6.07) is 61.2. The Bertz CT molecular complexity index is 3780. The fraction of sp³-hybridized carbons (Fsp3) is 0.254. The van der Waals surface area contributed by atoms with Gasteiger partial charge in [-0.3, -0.25) is 4.98 Å². The summed E-state index contributed by atoms with van der Waals surface area (Å²) in [7, 11) is 0. The van der Waals surface area contributed by atoms with Crippen molar-refractivity contribution in [1.29, 1.82) is 0 Å². The van der Waals surface area contributed by atoms with E-state index < -0.39 is 0 Å². The zero-order valence-electron chi connectivity index (χ0n) is 43.5. The number of furan rings is 1. The van der Waals surface area contributed by atoms with Crippen molar-refractivity contribution in [2.45, 2.75) is 111 Å². The van der Waals surface area contributed by atoms with Crippen LogP contribution < -0.4 is 0 Å². The minimum atomic E-state index is 0. The summed E-state index contributed by atoms with van der Waals surface area (Å²) in [5.41, 5.74) is 17.3. The number of fused-ring (bicyclic) bond motifs is 6. The molecule has 0 N–H and O–H groups in total. The number of pyridine rings is 1. The second-order valence-corrected chi connectivity index (χ2v) is 22.8. The van der Waals surface area contributed by atoms with Gasteiger partial charge in [-0.05, 0) is 143 Å². The number of nitrogens with zero attached hydrogens (tertiary/aromatic N) is 3. The maximum absolute atomic E-state index is 7.01. The summed E-state index contributed by atoms with van der Waals surface area (Å²) in [6.45, 7) is 25.4. The largest absolute Gasteiger partial charge is 0.501 e. The molecule has 0 fully saturated rings. The fourth-order valence-corrected chi connectivity index (χ4v) is 11.6. The van der Waals surface area contributed by atoms with Crippen molar-refractivity contribution in [2.75, 3.05) is 0 Å². The van der Waals surface area contributed by atoms with Crippen LogP contribution in [0.25, 0.3) is 94.0 Å². The van der Waals surface area contributed by atoms with Crippen LogP contribution in [0.2, 0.25) is 0 Å². The van der Waals surface area contributed by atoms with Crippen LogP contribution in [0, 0.1) is 12.1 Å². The molecule has 0 aliphatic heterocycles. The third-order valence-electron chi connectivity index (χ3n) is 15.0.